The van der Waals surface area contributed by atoms with Crippen molar-refractivity contribution < 1.29 is 19.4 Å². The van der Waals surface area contributed by atoms with Crippen LogP contribution in [0.2, 0.25) is 0 Å². The molecule has 0 unspecified atom stereocenters. The molecule has 1 aliphatic carbocycles. The summed E-state index contributed by atoms with van der Waals surface area (Å²) in [4.78, 5) is 11.7. The van der Waals surface area contributed by atoms with Crippen LogP contribution in [0, 0.1) is 5.92 Å². The third-order valence-corrected chi connectivity index (χ3v) is 5.53. The summed E-state index contributed by atoms with van der Waals surface area (Å²) in [5.41, 5.74) is 2.88. The second kappa shape index (κ2) is 8.53. The van der Waals surface area contributed by atoms with Gasteiger partial charge < -0.3 is 14.6 Å². The number of carbonyl (C=O) groups excluding carboxylic acids is 1. The average Bonchev–Trinajstić information content (AvgIpc) is 3.22. The van der Waals surface area contributed by atoms with Crippen molar-refractivity contribution in [3.05, 3.63) is 34.9 Å². The second-order valence-corrected chi connectivity index (χ2v) is 8.23. The van der Waals surface area contributed by atoms with E-state index in [-0.39, 0.29) is 18.0 Å². The molecule has 4 heteroatoms. The summed E-state index contributed by atoms with van der Waals surface area (Å²) in [6, 6.07) is 0. The Morgan fingerprint density at radius 3 is 2.58 bits per heavy atom. The van der Waals surface area contributed by atoms with Crippen molar-refractivity contribution in [1.29, 1.82) is 0 Å². The summed E-state index contributed by atoms with van der Waals surface area (Å²) >= 11 is 0. The van der Waals surface area contributed by atoms with Crippen molar-refractivity contribution in [1.82, 2.24) is 0 Å². The van der Waals surface area contributed by atoms with Gasteiger partial charge in [0.15, 0.2) is 6.10 Å². The Kier molecular flexibility index (Phi) is 6.86. The number of hydrogen-bond donors (Lipinski definition) is 1. The molecule has 0 aromatic heterocycles. The summed E-state index contributed by atoms with van der Waals surface area (Å²) in [5.74, 6) is -0.240. The lowest BCUT2D eigenvalue weighted by Gasteiger charge is -2.30. The fourth-order valence-electron chi connectivity index (χ4n) is 3.62. The smallest absolute Gasteiger partial charge is 0.303 e. The maximum atomic E-state index is 11.7. The maximum absolute atomic E-state index is 11.7. The van der Waals surface area contributed by atoms with Gasteiger partial charge in [-0.05, 0) is 57.9 Å². The summed E-state index contributed by atoms with van der Waals surface area (Å²) in [6.45, 7) is 11.7. The van der Waals surface area contributed by atoms with Crippen LogP contribution in [0.3, 0.4) is 0 Å². The van der Waals surface area contributed by atoms with E-state index in [0.717, 1.165) is 31.3 Å². The first kappa shape index (κ1) is 20.9. The molecule has 0 radical (unpaired) electrons. The van der Waals surface area contributed by atoms with E-state index in [0.29, 0.717) is 0 Å². The normalized spacial score (nSPS) is 39.4. The molecule has 0 bridgehead atoms. The first-order valence-electron chi connectivity index (χ1n) is 9.71. The Labute approximate surface area is 158 Å². The molecule has 0 aromatic carbocycles. The molecule has 0 aromatic rings. The summed E-state index contributed by atoms with van der Waals surface area (Å²) in [6.07, 6.45) is 8.67. The van der Waals surface area contributed by atoms with Crippen molar-refractivity contribution in [2.75, 3.05) is 0 Å². The molecule has 1 N–H and O–H groups in total. The van der Waals surface area contributed by atoms with E-state index in [1.54, 1.807) is 0 Å². The third-order valence-electron chi connectivity index (χ3n) is 5.53. The molecule has 146 valence electrons. The zero-order valence-electron chi connectivity index (χ0n) is 17.0. The van der Waals surface area contributed by atoms with Gasteiger partial charge in [0.25, 0.3) is 0 Å². The number of aliphatic hydroxyl groups is 1. The average molecular weight is 363 g/mol. The quantitative estimate of drug-likeness (QED) is 0.447. The molecule has 4 atom stereocenters. The molecule has 0 spiro atoms. The highest BCUT2D eigenvalue weighted by molar-refractivity contribution is 5.66. The van der Waals surface area contributed by atoms with Gasteiger partial charge >= 0.3 is 5.97 Å². The number of esters is 1. The highest BCUT2D eigenvalue weighted by Crippen LogP contribution is 2.45. The fraction of sp³-hybridized carbons (Fsp3) is 0.682. The standard InChI is InChI=1S/C22H34O4/c1-14(2)18-12-10-15(3)8-7-9-16(4)11-13-19-22(6,26-19)21(24)20(18)25-17(5)23/h9-10,12,14,19-21,24H,7-8,11,13H2,1-6H3/b15-10+,16-9+,18-12+/t19-,20+,21-,22+/m0/s1. The number of allylic oxidation sites excluding steroid dienone is 5. The zero-order chi connectivity index (χ0) is 19.5. The van der Waals surface area contributed by atoms with E-state index in [2.05, 4.69) is 39.8 Å². The Balaban J connectivity index is 2.40. The van der Waals surface area contributed by atoms with E-state index in [9.17, 15) is 9.90 Å². The lowest BCUT2D eigenvalue weighted by atomic mass is 9.85. The predicted octanol–water partition coefficient (Wildman–Crippen LogP) is 4.49. The van der Waals surface area contributed by atoms with E-state index >= 15 is 0 Å². The summed E-state index contributed by atoms with van der Waals surface area (Å²) in [7, 11) is 0. The minimum Gasteiger partial charge on any atom is -0.455 e. The van der Waals surface area contributed by atoms with Gasteiger partial charge in [-0.1, -0.05) is 43.2 Å². The summed E-state index contributed by atoms with van der Waals surface area (Å²) < 4.78 is 11.5. The Morgan fingerprint density at radius 1 is 1.27 bits per heavy atom. The van der Waals surface area contributed by atoms with Gasteiger partial charge in [-0.15, -0.1) is 0 Å². The molecule has 4 nitrogen and oxygen atoms in total. The first-order valence-corrected chi connectivity index (χ1v) is 9.71. The van der Waals surface area contributed by atoms with Gasteiger partial charge in [0.1, 0.15) is 11.7 Å². The molecule has 2 rings (SSSR count). The molecule has 0 saturated carbocycles. The Morgan fingerprint density at radius 2 is 1.96 bits per heavy atom. The van der Waals surface area contributed by atoms with Crippen LogP contribution in [-0.4, -0.2) is 35.0 Å². The van der Waals surface area contributed by atoms with Crippen LogP contribution >= 0.6 is 0 Å². The first-order chi connectivity index (χ1) is 12.1. The molecule has 2 aliphatic rings. The molecule has 0 amide bonds. The zero-order valence-corrected chi connectivity index (χ0v) is 17.0. The molecular formula is C22H34O4. The number of epoxide rings is 1. The highest BCUT2D eigenvalue weighted by atomic mass is 16.6. The van der Waals surface area contributed by atoms with Crippen LogP contribution in [-0.2, 0) is 14.3 Å². The van der Waals surface area contributed by atoms with Crippen LogP contribution in [0.5, 0.6) is 0 Å². The third kappa shape index (κ3) is 5.08. The van der Waals surface area contributed by atoms with Gasteiger partial charge in [-0.2, -0.15) is 0 Å². The largest absolute Gasteiger partial charge is 0.455 e. The molecule has 1 heterocycles. The predicted molar refractivity (Wildman–Crippen MR) is 104 cm³/mol. The van der Waals surface area contributed by atoms with Crippen LogP contribution in [0.1, 0.15) is 67.2 Å². The number of rotatable bonds is 2. The van der Waals surface area contributed by atoms with Crippen molar-refractivity contribution in [3.63, 3.8) is 0 Å². The SMILES string of the molecule is CC(=O)O[C@@H]1/C(C(C)C)=C/C=C(\C)CC/C=C(\C)CC[C@@H]2O[C@@]2(C)[C@H]1O. The van der Waals surface area contributed by atoms with Crippen LogP contribution in [0.25, 0.3) is 0 Å². The molecule has 1 saturated heterocycles. The number of fused-ring (bicyclic) bond motifs is 1. The van der Waals surface area contributed by atoms with Crippen molar-refractivity contribution in [2.45, 2.75) is 91.1 Å². The van der Waals surface area contributed by atoms with Crippen LogP contribution in [0.4, 0.5) is 0 Å². The summed E-state index contributed by atoms with van der Waals surface area (Å²) in [5, 5.41) is 11.1. The maximum Gasteiger partial charge on any atom is 0.303 e. The van der Waals surface area contributed by atoms with Gasteiger partial charge in [0.05, 0.1) is 6.10 Å². The Hall–Kier alpha value is -1.39. The van der Waals surface area contributed by atoms with Crippen LogP contribution in [0.15, 0.2) is 34.9 Å². The van der Waals surface area contributed by atoms with Gasteiger partial charge in [-0.25, -0.2) is 0 Å². The molecular weight excluding hydrogens is 328 g/mol. The van der Waals surface area contributed by atoms with Gasteiger partial charge in [-0.3, -0.25) is 4.79 Å². The number of aliphatic hydroxyl groups excluding tert-OH is 1. The van der Waals surface area contributed by atoms with E-state index < -0.39 is 17.8 Å². The Bertz CT molecular complexity index is 614. The topological polar surface area (TPSA) is 59.1 Å². The monoisotopic (exact) mass is 362 g/mol. The van der Waals surface area contributed by atoms with Crippen molar-refractivity contribution in [3.8, 4) is 0 Å². The van der Waals surface area contributed by atoms with Crippen molar-refractivity contribution >= 4 is 5.97 Å². The fourth-order valence-corrected chi connectivity index (χ4v) is 3.62. The van der Waals surface area contributed by atoms with Crippen molar-refractivity contribution in [2.24, 2.45) is 5.92 Å². The highest BCUT2D eigenvalue weighted by Gasteiger charge is 2.60. The number of carbonyl (C=O) groups is 1. The number of hydrogen-bond acceptors (Lipinski definition) is 4. The lowest BCUT2D eigenvalue weighted by Crippen LogP contribution is -2.44. The molecule has 1 fully saturated rings. The molecule has 1 aliphatic heterocycles. The molecule has 26 heavy (non-hydrogen) atoms. The minimum atomic E-state index is -0.883. The van der Waals surface area contributed by atoms with E-state index in [1.807, 2.05) is 13.0 Å². The van der Waals surface area contributed by atoms with E-state index in [4.69, 9.17) is 9.47 Å². The van der Waals surface area contributed by atoms with Gasteiger partial charge in [0, 0.05) is 6.92 Å². The van der Waals surface area contributed by atoms with E-state index in [1.165, 1.54) is 18.1 Å². The number of ether oxygens (including phenoxy) is 2. The van der Waals surface area contributed by atoms with Crippen LogP contribution < -0.4 is 0 Å². The minimum absolute atomic E-state index is 0.00691. The van der Waals surface area contributed by atoms with Gasteiger partial charge in [0.2, 0.25) is 0 Å². The lowest BCUT2D eigenvalue weighted by molar-refractivity contribution is -0.152. The second-order valence-electron chi connectivity index (χ2n) is 8.23.